The number of cyclic esters (lactones) is 1. The number of ether oxygens (including phenoxy) is 1. The van der Waals surface area contributed by atoms with E-state index in [4.69, 9.17) is 4.74 Å². The minimum absolute atomic E-state index is 0.0255. The molecule has 0 aromatic heterocycles. The van der Waals surface area contributed by atoms with Crippen molar-refractivity contribution in [2.45, 2.75) is 19.4 Å². The van der Waals surface area contributed by atoms with E-state index in [2.05, 4.69) is 0 Å². The fourth-order valence-electron chi connectivity index (χ4n) is 2.90. The lowest BCUT2D eigenvalue weighted by molar-refractivity contribution is -0.129. The van der Waals surface area contributed by atoms with Gasteiger partial charge in [0.15, 0.2) is 0 Å². The first-order chi connectivity index (χ1) is 12.1. The van der Waals surface area contributed by atoms with Crippen molar-refractivity contribution in [3.05, 3.63) is 77.9 Å². The molecule has 0 saturated carbocycles. The molecule has 4 nitrogen and oxygen atoms in total. The predicted octanol–water partition coefficient (Wildman–Crippen LogP) is 4.45. The van der Waals surface area contributed by atoms with Crippen molar-refractivity contribution < 1.29 is 14.3 Å². The number of carbonyl (C=O) groups is 2. The van der Waals surface area contributed by atoms with Gasteiger partial charge in [-0.1, -0.05) is 79.7 Å². The Kier molecular flexibility index (Phi) is 5.29. The van der Waals surface area contributed by atoms with E-state index in [-0.39, 0.29) is 30.9 Å². The summed E-state index contributed by atoms with van der Waals surface area (Å²) in [7, 11) is 0. The van der Waals surface area contributed by atoms with Gasteiger partial charge in [-0.3, -0.25) is 4.79 Å². The highest BCUT2D eigenvalue weighted by molar-refractivity contribution is 5.94. The van der Waals surface area contributed by atoms with Crippen molar-refractivity contribution in [3.63, 3.8) is 0 Å². The van der Waals surface area contributed by atoms with Gasteiger partial charge in [-0.05, 0) is 17.0 Å². The van der Waals surface area contributed by atoms with Crippen LogP contribution in [-0.4, -0.2) is 23.5 Å². The Bertz CT molecular complexity index is 755. The van der Waals surface area contributed by atoms with E-state index in [0.29, 0.717) is 0 Å². The van der Waals surface area contributed by atoms with E-state index in [9.17, 15) is 9.59 Å². The third-order valence-corrected chi connectivity index (χ3v) is 4.24. The predicted molar refractivity (Wildman–Crippen MR) is 96.6 cm³/mol. The van der Waals surface area contributed by atoms with Crippen molar-refractivity contribution in [3.8, 4) is 0 Å². The third kappa shape index (κ3) is 4.15. The summed E-state index contributed by atoms with van der Waals surface area (Å²) in [6.07, 6.45) is 3.70. The fourth-order valence-corrected chi connectivity index (χ4v) is 2.90. The van der Waals surface area contributed by atoms with Gasteiger partial charge in [0.2, 0.25) is 5.91 Å². The quantitative estimate of drug-likeness (QED) is 0.811. The van der Waals surface area contributed by atoms with Crippen molar-refractivity contribution in [1.29, 1.82) is 0 Å². The minimum Gasteiger partial charge on any atom is -0.446 e. The summed E-state index contributed by atoms with van der Waals surface area (Å²) in [4.78, 5) is 25.9. The van der Waals surface area contributed by atoms with Crippen LogP contribution in [0.2, 0.25) is 0 Å². The molecule has 1 fully saturated rings. The monoisotopic (exact) mass is 335 g/mol. The second kappa shape index (κ2) is 7.79. The van der Waals surface area contributed by atoms with E-state index in [1.807, 2.05) is 79.7 Å². The maximum Gasteiger partial charge on any atom is 0.417 e. The molecule has 2 amide bonds. The summed E-state index contributed by atoms with van der Waals surface area (Å²) < 4.78 is 5.11. The maximum atomic E-state index is 12.7. The topological polar surface area (TPSA) is 46.6 Å². The lowest BCUT2D eigenvalue weighted by atomic mass is 10.0. The molecule has 0 radical (unpaired) electrons. The van der Waals surface area contributed by atoms with Gasteiger partial charge in [0.05, 0.1) is 0 Å². The average molecular weight is 335 g/mol. The number of amides is 2. The molecule has 1 aliphatic rings. The number of nitrogens with zero attached hydrogens (tertiary/aromatic N) is 1. The van der Waals surface area contributed by atoms with Gasteiger partial charge >= 0.3 is 6.09 Å². The van der Waals surface area contributed by atoms with Gasteiger partial charge < -0.3 is 4.74 Å². The molecule has 128 valence electrons. The van der Waals surface area contributed by atoms with Gasteiger partial charge in [-0.2, -0.15) is 0 Å². The van der Waals surface area contributed by atoms with Gasteiger partial charge in [-0.15, -0.1) is 0 Å². The maximum absolute atomic E-state index is 12.7. The Morgan fingerprint density at radius 1 is 1.16 bits per heavy atom. The Balaban J connectivity index is 1.66. The Morgan fingerprint density at radius 3 is 2.48 bits per heavy atom. The van der Waals surface area contributed by atoms with Crippen LogP contribution in [0.4, 0.5) is 4.79 Å². The average Bonchev–Trinajstić information content (AvgIpc) is 3.03. The lowest BCUT2D eigenvalue weighted by Gasteiger charge is -2.20. The molecular weight excluding hydrogens is 314 g/mol. The molecule has 25 heavy (non-hydrogen) atoms. The van der Waals surface area contributed by atoms with Crippen LogP contribution < -0.4 is 0 Å². The number of benzene rings is 2. The second-order valence-corrected chi connectivity index (χ2v) is 6.22. The summed E-state index contributed by atoms with van der Waals surface area (Å²) in [5.41, 5.74) is 2.00. The van der Waals surface area contributed by atoms with E-state index >= 15 is 0 Å². The van der Waals surface area contributed by atoms with Gasteiger partial charge in [-0.25, -0.2) is 9.69 Å². The van der Waals surface area contributed by atoms with Crippen molar-refractivity contribution in [2.75, 3.05) is 6.61 Å². The van der Waals surface area contributed by atoms with Crippen LogP contribution in [0.5, 0.6) is 0 Å². The zero-order valence-electron chi connectivity index (χ0n) is 14.2. The van der Waals surface area contributed by atoms with Crippen LogP contribution in [0.15, 0.2) is 66.7 Å². The van der Waals surface area contributed by atoms with E-state index in [1.54, 1.807) is 0 Å². The molecule has 1 saturated heterocycles. The molecule has 0 spiro atoms. The molecular formula is C21H21NO3. The molecule has 2 atom stereocenters. The number of imide groups is 1. The van der Waals surface area contributed by atoms with E-state index < -0.39 is 6.09 Å². The summed E-state index contributed by atoms with van der Waals surface area (Å²) >= 11 is 0. The first-order valence-corrected chi connectivity index (χ1v) is 8.42. The van der Waals surface area contributed by atoms with E-state index in [1.165, 1.54) is 4.90 Å². The van der Waals surface area contributed by atoms with Crippen LogP contribution in [-0.2, 0) is 9.53 Å². The van der Waals surface area contributed by atoms with Crippen molar-refractivity contribution in [2.24, 2.45) is 5.92 Å². The van der Waals surface area contributed by atoms with Crippen molar-refractivity contribution in [1.82, 2.24) is 4.90 Å². The number of hydrogen-bond donors (Lipinski definition) is 0. The fraction of sp³-hybridized carbons (Fsp3) is 0.238. The van der Waals surface area contributed by atoms with Crippen LogP contribution in [0.1, 0.15) is 30.5 Å². The molecule has 1 aliphatic heterocycles. The minimum atomic E-state index is -0.557. The Hall–Kier alpha value is -2.88. The summed E-state index contributed by atoms with van der Waals surface area (Å²) in [6, 6.07) is 19.1. The van der Waals surface area contributed by atoms with Crippen LogP contribution in [0, 0.1) is 5.92 Å². The smallest absolute Gasteiger partial charge is 0.417 e. The standard InChI is InChI=1S/C21H21NO3/c1-16(12-13-17-8-4-2-5-9-17)14-20(23)22-19(15-25-21(22)24)18-10-6-3-7-11-18/h2-13,16,19H,14-15H2,1H3/b13-12+/t16-,19-/m0/s1. The van der Waals surface area contributed by atoms with E-state index in [0.717, 1.165) is 11.1 Å². The molecule has 0 unspecified atom stereocenters. The van der Waals surface area contributed by atoms with Crippen LogP contribution in [0.25, 0.3) is 6.08 Å². The van der Waals surface area contributed by atoms with Gasteiger partial charge in [0.1, 0.15) is 12.6 Å². The first kappa shape index (κ1) is 17.0. The number of hydrogen-bond acceptors (Lipinski definition) is 3. The third-order valence-electron chi connectivity index (χ3n) is 4.24. The highest BCUT2D eigenvalue weighted by Gasteiger charge is 2.38. The summed E-state index contributed by atoms with van der Waals surface area (Å²) in [6.45, 7) is 2.18. The van der Waals surface area contributed by atoms with Gasteiger partial charge in [0.25, 0.3) is 0 Å². The van der Waals surface area contributed by atoms with Crippen LogP contribution in [0.3, 0.4) is 0 Å². The number of rotatable bonds is 5. The zero-order chi connectivity index (χ0) is 17.6. The molecule has 0 aliphatic carbocycles. The Labute approximate surface area is 147 Å². The zero-order valence-corrected chi connectivity index (χ0v) is 14.2. The normalized spacial score (nSPS) is 18.4. The molecule has 2 aromatic carbocycles. The molecule has 4 heteroatoms. The highest BCUT2D eigenvalue weighted by atomic mass is 16.6. The van der Waals surface area contributed by atoms with Gasteiger partial charge in [0, 0.05) is 6.42 Å². The SMILES string of the molecule is C[C@@H](/C=C/c1ccccc1)CC(=O)N1C(=O)OC[C@H]1c1ccccc1. The molecule has 3 rings (SSSR count). The highest BCUT2D eigenvalue weighted by Crippen LogP contribution is 2.29. The second-order valence-electron chi connectivity index (χ2n) is 6.22. The molecule has 2 aromatic rings. The molecule has 0 bridgehead atoms. The van der Waals surface area contributed by atoms with Crippen LogP contribution >= 0.6 is 0 Å². The Morgan fingerprint density at radius 2 is 1.80 bits per heavy atom. The summed E-state index contributed by atoms with van der Waals surface area (Å²) in [5.74, 6) is -0.181. The lowest BCUT2D eigenvalue weighted by Crippen LogP contribution is -2.34. The summed E-state index contributed by atoms with van der Waals surface area (Å²) in [5, 5.41) is 0. The number of allylic oxidation sites excluding steroid dienone is 1. The molecule has 0 N–H and O–H groups in total. The molecule has 1 heterocycles. The first-order valence-electron chi connectivity index (χ1n) is 8.42. The largest absolute Gasteiger partial charge is 0.446 e. The van der Waals surface area contributed by atoms with Crippen molar-refractivity contribution >= 4 is 18.1 Å². The number of carbonyl (C=O) groups excluding carboxylic acids is 2.